The number of rotatable bonds is 29. The monoisotopic (exact) mass is 707 g/mol. The number of allylic oxidation sites excluding steroid dienone is 3. The second kappa shape index (κ2) is 27.3. The van der Waals surface area contributed by atoms with E-state index < -0.39 is 59.9 Å². The highest BCUT2D eigenvalue weighted by Crippen LogP contribution is 2.26. The molecule has 282 valence electrons. The third-order valence-electron chi connectivity index (χ3n) is 8.48. The average Bonchev–Trinajstić information content (AvgIpc) is 3.04. The van der Waals surface area contributed by atoms with Crippen molar-refractivity contribution in [2.45, 2.75) is 179 Å². The molecule has 1 fully saturated rings. The molecule has 0 aromatic carbocycles. The van der Waals surface area contributed by atoms with E-state index in [-0.39, 0.29) is 18.9 Å². The lowest BCUT2D eigenvalue weighted by atomic mass is 9.99. The number of carbonyl (C=O) groups excluding carboxylic acids is 1. The summed E-state index contributed by atoms with van der Waals surface area (Å²) in [6, 6.07) is -0.942. The van der Waals surface area contributed by atoms with Crippen molar-refractivity contribution >= 4 is 16.3 Å². The van der Waals surface area contributed by atoms with Crippen LogP contribution in [0.5, 0.6) is 0 Å². The van der Waals surface area contributed by atoms with Gasteiger partial charge in [-0.2, -0.15) is 8.42 Å². The predicted octanol–water partition coefficient (Wildman–Crippen LogP) is 5.04. The van der Waals surface area contributed by atoms with Crippen molar-refractivity contribution in [2.24, 2.45) is 0 Å². The first kappa shape index (κ1) is 44.6. The van der Waals surface area contributed by atoms with Crippen LogP contribution in [0.4, 0.5) is 0 Å². The molecule has 1 saturated heterocycles. The highest BCUT2D eigenvalue weighted by Gasteiger charge is 2.48. The summed E-state index contributed by atoms with van der Waals surface area (Å²) in [6.45, 7) is 3.26. The van der Waals surface area contributed by atoms with Crippen LogP contribution in [-0.4, -0.2) is 95.4 Å². The Labute approximate surface area is 289 Å². The molecular formula is C35H65NO11S. The molecule has 0 aliphatic carbocycles. The second-order valence-corrected chi connectivity index (χ2v) is 13.9. The van der Waals surface area contributed by atoms with Crippen LogP contribution < -0.4 is 5.32 Å². The number of aliphatic hydroxyl groups excluding tert-OH is 4. The zero-order valence-corrected chi connectivity index (χ0v) is 30.1. The summed E-state index contributed by atoms with van der Waals surface area (Å²) in [4.78, 5) is 12.9. The van der Waals surface area contributed by atoms with E-state index in [1.807, 2.05) is 6.08 Å². The minimum Gasteiger partial charge on any atom is -0.394 e. The summed E-state index contributed by atoms with van der Waals surface area (Å²) in [5, 5.41) is 44.3. The molecule has 0 aromatic heterocycles. The van der Waals surface area contributed by atoms with E-state index in [4.69, 9.17) is 14.0 Å². The van der Waals surface area contributed by atoms with Gasteiger partial charge in [0, 0.05) is 6.42 Å². The highest BCUT2D eigenvalue weighted by molar-refractivity contribution is 7.80. The third kappa shape index (κ3) is 20.9. The summed E-state index contributed by atoms with van der Waals surface area (Å²) in [7, 11) is -5.07. The molecule has 1 rings (SSSR count). The van der Waals surface area contributed by atoms with Gasteiger partial charge < -0.3 is 35.2 Å². The van der Waals surface area contributed by atoms with Gasteiger partial charge in [0.25, 0.3) is 0 Å². The molecule has 12 nitrogen and oxygen atoms in total. The summed E-state index contributed by atoms with van der Waals surface area (Å²) >= 11 is 0. The number of amides is 1. The SMILES string of the molecule is CCCC/C=C\CCCCCCCC(=O)NC(COC1OC(CO)C(O)C(OS(=O)(=O)O)C1O)C(O)/C=C/CCCCCCCCCC. The molecule has 1 aliphatic rings. The van der Waals surface area contributed by atoms with Gasteiger partial charge in [-0.05, 0) is 38.5 Å². The Morgan fingerprint density at radius 1 is 0.812 bits per heavy atom. The van der Waals surface area contributed by atoms with Crippen LogP contribution in [0.2, 0.25) is 0 Å². The normalized spacial score (nSPS) is 23.2. The lowest BCUT2D eigenvalue weighted by Gasteiger charge is -2.41. The zero-order valence-electron chi connectivity index (χ0n) is 29.3. The molecule has 0 saturated carbocycles. The quantitative estimate of drug-likeness (QED) is 0.0347. The summed E-state index contributed by atoms with van der Waals surface area (Å²) in [5.41, 5.74) is 0. The first-order valence-corrected chi connectivity index (χ1v) is 19.6. The lowest BCUT2D eigenvalue weighted by Crippen LogP contribution is -2.61. The van der Waals surface area contributed by atoms with Crippen molar-refractivity contribution in [3.8, 4) is 0 Å². The molecule has 1 aliphatic heterocycles. The van der Waals surface area contributed by atoms with Gasteiger partial charge in [-0.1, -0.05) is 115 Å². The summed E-state index contributed by atoms with van der Waals surface area (Å²) in [5.74, 6) is -0.278. The van der Waals surface area contributed by atoms with Gasteiger partial charge in [0.05, 0.1) is 25.4 Å². The van der Waals surface area contributed by atoms with Gasteiger partial charge >= 0.3 is 10.4 Å². The highest BCUT2D eigenvalue weighted by atomic mass is 32.3. The predicted molar refractivity (Wildman–Crippen MR) is 185 cm³/mol. The second-order valence-electron chi connectivity index (χ2n) is 12.8. The van der Waals surface area contributed by atoms with Gasteiger partial charge in [-0.25, -0.2) is 4.18 Å². The molecule has 13 heteroatoms. The minimum absolute atomic E-state index is 0.258. The molecule has 1 heterocycles. The van der Waals surface area contributed by atoms with E-state index in [1.54, 1.807) is 6.08 Å². The molecule has 0 spiro atoms. The maximum Gasteiger partial charge on any atom is 0.397 e. The van der Waals surface area contributed by atoms with Gasteiger partial charge in [0.15, 0.2) is 6.29 Å². The standard InChI is InChI=1S/C35H65NO11S/c1-3-5-7-9-11-13-15-17-19-21-23-25-31(39)36-28(29(38)24-22-20-18-16-14-12-10-8-6-4-2)27-45-35-33(41)34(47-48(42,43)44)32(40)30(26-37)46-35/h9,11,22,24,28-30,32-35,37-38,40-41H,3-8,10,12-21,23,25-27H2,1-2H3,(H,36,39)(H,42,43,44)/b11-9-,24-22+. The Hall–Kier alpha value is -1.42. The number of nitrogens with one attached hydrogen (secondary N) is 1. The number of unbranched alkanes of at least 4 members (excludes halogenated alkanes) is 15. The number of aliphatic hydroxyl groups is 4. The fourth-order valence-corrected chi connectivity index (χ4v) is 6.06. The van der Waals surface area contributed by atoms with E-state index in [0.29, 0.717) is 6.42 Å². The van der Waals surface area contributed by atoms with Crippen LogP contribution in [-0.2, 0) is 28.9 Å². The van der Waals surface area contributed by atoms with Crippen molar-refractivity contribution in [2.75, 3.05) is 13.2 Å². The van der Waals surface area contributed by atoms with E-state index in [9.17, 15) is 33.6 Å². The van der Waals surface area contributed by atoms with Crippen LogP contribution in [0.25, 0.3) is 0 Å². The molecule has 1 amide bonds. The molecule has 7 unspecified atom stereocenters. The Kier molecular flexibility index (Phi) is 25.4. The molecule has 0 bridgehead atoms. The summed E-state index contributed by atoms with van der Waals surface area (Å²) < 4.78 is 47.2. The summed E-state index contributed by atoms with van der Waals surface area (Å²) in [6.07, 6.45) is 18.1. The van der Waals surface area contributed by atoms with Crippen LogP contribution in [0.1, 0.15) is 136 Å². The molecule has 48 heavy (non-hydrogen) atoms. The van der Waals surface area contributed by atoms with Crippen LogP contribution in [0, 0.1) is 0 Å². The lowest BCUT2D eigenvalue weighted by molar-refractivity contribution is -0.298. The topological polar surface area (TPSA) is 192 Å². The average molecular weight is 708 g/mol. The zero-order chi connectivity index (χ0) is 35.6. The molecular weight excluding hydrogens is 642 g/mol. The number of ether oxygens (including phenoxy) is 2. The smallest absolute Gasteiger partial charge is 0.394 e. The van der Waals surface area contributed by atoms with Crippen molar-refractivity contribution < 1.29 is 51.8 Å². The molecule has 0 aromatic rings. The molecule has 7 atom stereocenters. The van der Waals surface area contributed by atoms with Crippen LogP contribution in [0.3, 0.4) is 0 Å². The Morgan fingerprint density at radius 3 is 1.94 bits per heavy atom. The maximum absolute atomic E-state index is 12.9. The van der Waals surface area contributed by atoms with Crippen LogP contribution in [0.15, 0.2) is 24.3 Å². The molecule has 6 N–H and O–H groups in total. The fraction of sp³-hybridized carbons (Fsp3) is 0.857. The van der Waals surface area contributed by atoms with Gasteiger partial charge in [0.2, 0.25) is 5.91 Å². The first-order chi connectivity index (χ1) is 23.0. The first-order valence-electron chi connectivity index (χ1n) is 18.2. The maximum atomic E-state index is 12.9. The third-order valence-corrected chi connectivity index (χ3v) is 8.94. The largest absolute Gasteiger partial charge is 0.397 e. The van der Waals surface area contributed by atoms with E-state index in [0.717, 1.165) is 64.2 Å². The van der Waals surface area contributed by atoms with E-state index in [2.05, 4.69) is 35.5 Å². The Balaban J connectivity index is 2.69. The Bertz CT molecular complexity index is 978. The van der Waals surface area contributed by atoms with Crippen molar-refractivity contribution in [1.29, 1.82) is 0 Å². The van der Waals surface area contributed by atoms with Gasteiger partial charge in [-0.3, -0.25) is 9.35 Å². The van der Waals surface area contributed by atoms with Crippen molar-refractivity contribution in [3.05, 3.63) is 24.3 Å². The Morgan fingerprint density at radius 2 is 1.35 bits per heavy atom. The van der Waals surface area contributed by atoms with Crippen LogP contribution >= 0.6 is 0 Å². The van der Waals surface area contributed by atoms with E-state index >= 15 is 0 Å². The fourth-order valence-electron chi connectivity index (χ4n) is 5.55. The van der Waals surface area contributed by atoms with E-state index in [1.165, 1.54) is 44.9 Å². The number of carbonyl (C=O) groups is 1. The van der Waals surface area contributed by atoms with Gasteiger partial charge in [-0.15, -0.1) is 0 Å². The van der Waals surface area contributed by atoms with Crippen molar-refractivity contribution in [3.63, 3.8) is 0 Å². The van der Waals surface area contributed by atoms with Crippen molar-refractivity contribution in [1.82, 2.24) is 5.32 Å². The minimum atomic E-state index is -5.07. The number of hydrogen-bond acceptors (Lipinski definition) is 10. The molecule has 0 radical (unpaired) electrons. The van der Waals surface area contributed by atoms with Gasteiger partial charge in [0.1, 0.15) is 24.4 Å². The number of hydrogen-bond donors (Lipinski definition) is 6.